The first-order valence-corrected chi connectivity index (χ1v) is 7.71. The van der Waals surface area contributed by atoms with Crippen LogP contribution in [0.25, 0.3) is 0 Å². The summed E-state index contributed by atoms with van der Waals surface area (Å²) in [6.45, 7) is 12.1. The van der Waals surface area contributed by atoms with Crippen LogP contribution in [0.5, 0.6) is 5.75 Å². The van der Waals surface area contributed by atoms with Crippen LogP contribution in [-0.4, -0.2) is 30.1 Å². The minimum absolute atomic E-state index is 0.0948. The number of nitrogens with two attached hydrogens (primary N) is 1. The molecule has 1 aromatic rings. The maximum absolute atomic E-state index is 6.41. The standard InChI is InChI=1S/C17H26N2O/c1-11-12(2)16-14(13(3)15(11)18)9-17(4,20-16)10-19-7-5-6-8-19/h5-10,18H2,1-4H3. The van der Waals surface area contributed by atoms with Gasteiger partial charge in [-0.25, -0.2) is 0 Å². The molecule has 2 aliphatic heterocycles. The lowest BCUT2D eigenvalue weighted by atomic mass is 9.92. The van der Waals surface area contributed by atoms with Crippen molar-refractivity contribution >= 4 is 5.69 Å². The van der Waals surface area contributed by atoms with Crippen LogP contribution in [0.15, 0.2) is 0 Å². The fourth-order valence-corrected chi connectivity index (χ4v) is 3.72. The summed E-state index contributed by atoms with van der Waals surface area (Å²) in [7, 11) is 0. The number of hydrogen-bond acceptors (Lipinski definition) is 3. The van der Waals surface area contributed by atoms with Crippen LogP contribution in [0.3, 0.4) is 0 Å². The van der Waals surface area contributed by atoms with Crippen molar-refractivity contribution in [1.29, 1.82) is 0 Å². The van der Waals surface area contributed by atoms with Gasteiger partial charge in [-0.2, -0.15) is 0 Å². The molecule has 110 valence electrons. The minimum Gasteiger partial charge on any atom is -0.485 e. The second kappa shape index (κ2) is 4.66. The number of ether oxygens (including phenoxy) is 1. The van der Waals surface area contributed by atoms with Crippen LogP contribution in [-0.2, 0) is 6.42 Å². The molecule has 1 unspecified atom stereocenters. The van der Waals surface area contributed by atoms with E-state index < -0.39 is 0 Å². The Labute approximate surface area is 122 Å². The van der Waals surface area contributed by atoms with Crippen molar-refractivity contribution < 1.29 is 4.74 Å². The molecular weight excluding hydrogens is 248 g/mol. The number of rotatable bonds is 2. The predicted molar refractivity (Wildman–Crippen MR) is 83.5 cm³/mol. The van der Waals surface area contributed by atoms with Crippen LogP contribution >= 0.6 is 0 Å². The molecule has 3 nitrogen and oxygen atoms in total. The molecule has 0 aliphatic carbocycles. The molecule has 0 aromatic heterocycles. The smallest absolute Gasteiger partial charge is 0.127 e. The molecule has 3 heteroatoms. The van der Waals surface area contributed by atoms with Gasteiger partial charge in [-0.3, -0.25) is 4.90 Å². The molecule has 0 spiro atoms. The Kier molecular flexibility index (Phi) is 3.20. The number of fused-ring (bicyclic) bond motifs is 1. The third-order valence-electron chi connectivity index (χ3n) is 5.09. The first-order valence-electron chi connectivity index (χ1n) is 7.71. The summed E-state index contributed by atoms with van der Waals surface area (Å²) in [5, 5.41) is 0. The van der Waals surface area contributed by atoms with Gasteiger partial charge >= 0.3 is 0 Å². The molecule has 0 bridgehead atoms. The molecular formula is C17H26N2O. The van der Waals surface area contributed by atoms with Gasteiger partial charge in [0.05, 0.1) is 0 Å². The average Bonchev–Trinajstić information content (AvgIpc) is 3.02. The summed E-state index contributed by atoms with van der Waals surface area (Å²) < 4.78 is 6.41. The van der Waals surface area contributed by atoms with Crippen molar-refractivity contribution in [2.45, 2.75) is 52.6 Å². The van der Waals surface area contributed by atoms with Crippen LogP contribution < -0.4 is 10.5 Å². The third-order valence-corrected chi connectivity index (χ3v) is 5.09. The van der Waals surface area contributed by atoms with Gasteiger partial charge in [0.25, 0.3) is 0 Å². The fraction of sp³-hybridized carbons (Fsp3) is 0.647. The van der Waals surface area contributed by atoms with E-state index in [0.717, 1.165) is 24.4 Å². The lowest BCUT2D eigenvalue weighted by Crippen LogP contribution is -2.43. The molecule has 1 aromatic carbocycles. The van der Waals surface area contributed by atoms with Gasteiger partial charge in [-0.05, 0) is 70.3 Å². The van der Waals surface area contributed by atoms with E-state index in [-0.39, 0.29) is 5.60 Å². The molecule has 1 saturated heterocycles. The van der Waals surface area contributed by atoms with Gasteiger partial charge in [0.1, 0.15) is 11.4 Å². The highest BCUT2D eigenvalue weighted by molar-refractivity contribution is 5.66. The molecule has 2 N–H and O–H groups in total. The van der Waals surface area contributed by atoms with Gasteiger partial charge < -0.3 is 10.5 Å². The molecule has 1 fully saturated rings. The highest BCUT2D eigenvalue weighted by Crippen LogP contribution is 2.44. The number of nitrogens with zero attached hydrogens (tertiary/aromatic N) is 1. The van der Waals surface area contributed by atoms with E-state index in [1.165, 1.54) is 48.2 Å². The van der Waals surface area contributed by atoms with E-state index in [0.29, 0.717) is 0 Å². The summed E-state index contributed by atoms with van der Waals surface area (Å²) in [4.78, 5) is 2.53. The van der Waals surface area contributed by atoms with Crippen LogP contribution in [0, 0.1) is 20.8 Å². The van der Waals surface area contributed by atoms with Gasteiger partial charge in [0.2, 0.25) is 0 Å². The van der Waals surface area contributed by atoms with E-state index in [1.807, 2.05) is 0 Å². The monoisotopic (exact) mass is 274 g/mol. The molecule has 2 heterocycles. The molecule has 1 atom stereocenters. The Morgan fingerprint density at radius 2 is 1.75 bits per heavy atom. The SMILES string of the molecule is Cc1c(C)c2c(c(C)c1N)CC(C)(CN1CCCC1)O2. The number of likely N-dealkylation sites (tertiary alicyclic amines) is 1. The number of hydrogen-bond donors (Lipinski definition) is 1. The summed E-state index contributed by atoms with van der Waals surface area (Å²) in [5.41, 5.74) is 12.0. The van der Waals surface area contributed by atoms with Crippen molar-refractivity contribution in [3.8, 4) is 5.75 Å². The van der Waals surface area contributed by atoms with E-state index in [4.69, 9.17) is 10.5 Å². The second-order valence-electron chi connectivity index (χ2n) is 6.81. The summed E-state index contributed by atoms with van der Waals surface area (Å²) in [6.07, 6.45) is 3.64. The quantitative estimate of drug-likeness (QED) is 0.843. The van der Waals surface area contributed by atoms with Crippen molar-refractivity contribution in [3.05, 3.63) is 22.3 Å². The molecule has 0 amide bonds. The number of nitrogen functional groups attached to an aromatic ring is 1. The zero-order valence-electron chi connectivity index (χ0n) is 13.2. The molecule has 20 heavy (non-hydrogen) atoms. The first kappa shape index (κ1) is 13.7. The van der Waals surface area contributed by atoms with Crippen molar-refractivity contribution in [2.75, 3.05) is 25.4 Å². The number of benzene rings is 1. The van der Waals surface area contributed by atoms with Crippen molar-refractivity contribution in [1.82, 2.24) is 4.90 Å². The Morgan fingerprint density at radius 1 is 1.10 bits per heavy atom. The maximum Gasteiger partial charge on any atom is 0.127 e. The lowest BCUT2D eigenvalue weighted by Gasteiger charge is -2.29. The van der Waals surface area contributed by atoms with E-state index in [2.05, 4.69) is 32.6 Å². The molecule has 3 rings (SSSR count). The summed E-state index contributed by atoms with van der Waals surface area (Å²) in [6, 6.07) is 0. The second-order valence-corrected chi connectivity index (χ2v) is 6.81. The Balaban J connectivity index is 1.91. The van der Waals surface area contributed by atoms with Crippen LogP contribution in [0.2, 0.25) is 0 Å². The minimum atomic E-state index is -0.0948. The predicted octanol–water partition coefficient (Wildman–Crippen LogP) is 2.98. The van der Waals surface area contributed by atoms with Crippen LogP contribution in [0.1, 0.15) is 42.0 Å². The van der Waals surface area contributed by atoms with Gasteiger partial charge in [0, 0.05) is 24.2 Å². The normalized spacial score (nSPS) is 25.8. The van der Waals surface area contributed by atoms with Gasteiger partial charge in [0.15, 0.2) is 0 Å². The highest BCUT2D eigenvalue weighted by Gasteiger charge is 2.39. The third kappa shape index (κ3) is 2.08. The number of anilines is 1. The zero-order chi connectivity index (χ0) is 14.5. The Bertz CT molecular complexity index is 508. The molecule has 2 aliphatic rings. The summed E-state index contributed by atoms with van der Waals surface area (Å²) >= 11 is 0. The van der Waals surface area contributed by atoms with Gasteiger partial charge in [-0.1, -0.05) is 0 Å². The maximum atomic E-state index is 6.41. The van der Waals surface area contributed by atoms with Gasteiger partial charge in [-0.15, -0.1) is 0 Å². The topological polar surface area (TPSA) is 38.5 Å². The zero-order valence-corrected chi connectivity index (χ0v) is 13.2. The van der Waals surface area contributed by atoms with Crippen LogP contribution in [0.4, 0.5) is 5.69 Å². The Morgan fingerprint density at radius 3 is 2.40 bits per heavy atom. The van der Waals surface area contributed by atoms with E-state index in [1.54, 1.807) is 0 Å². The summed E-state index contributed by atoms with van der Waals surface area (Å²) in [5.74, 6) is 1.09. The molecule has 0 radical (unpaired) electrons. The fourth-order valence-electron chi connectivity index (χ4n) is 3.72. The largest absolute Gasteiger partial charge is 0.485 e. The van der Waals surface area contributed by atoms with E-state index >= 15 is 0 Å². The first-order chi connectivity index (χ1) is 9.41. The lowest BCUT2D eigenvalue weighted by molar-refractivity contribution is 0.0722. The van der Waals surface area contributed by atoms with E-state index in [9.17, 15) is 0 Å². The van der Waals surface area contributed by atoms with Crippen molar-refractivity contribution in [3.63, 3.8) is 0 Å². The highest BCUT2D eigenvalue weighted by atomic mass is 16.5. The average molecular weight is 274 g/mol. The molecule has 0 saturated carbocycles. The Hall–Kier alpha value is -1.22. The van der Waals surface area contributed by atoms with Crippen molar-refractivity contribution in [2.24, 2.45) is 0 Å².